The number of thioether (sulfide) groups is 1. The Bertz CT molecular complexity index is 379. The van der Waals surface area contributed by atoms with Crippen molar-refractivity contribution in [1.29, 1.82) is 0 Å². The average Bonchev–Trinajstić information content (AvgIpc) is 3.21. The lowest BCUT2D eigenvalue weighted by Crippen LogP contribution is -2.34. The predicted molar refractivity (Wildman–Crippen MR) is 74.3 cm³/mol. The van der Waals surface area contributed by atoms with Crippen LogP contribution in [0.3, 0.4) is 0 Å². The number of carbonyl (C=O) groups excluding carboxylic acids is 1. The highest BCUT2D eigenvalue weighted by atomic mass is 32.2. The SMILES string of the molecule is O=C(CSCc1ccccc1)NCC(O)C1CC1. The zero-order valence-corrected chi connectivity index (χ0v) is 11.2. The van der Waals surface area contributed by atoms with Crippen LogP contribution in [0.2, 0.25) is 0 Å². The largest absolute Gasteiger partial charge is 0.391 e. The van der Waals surface area contributed by atoms with Gasteiger partial charge in [-0.2, -0.15) is 0 Å². The van der Waals surface area contributed by atoms with E-state index < -0.39 is 0 Å². The zero-order valence-electron chi connectivity index (χ0n) is 10.3. The van der Waals surface area contributed by atoms with Crippen LogP contribution in [0, 0.1) is 5.92 Å². The molecule has 0 aliphatic heterocycles. The van der Waals surface area contributed by atoms with E-state index in [9.17, 15) is 9.90 Å². The highest BCUT2D eigenvalue weighted by molar-refractivity contribution is 7.99. The summed E-state index contributed by atoms with van der Waals surface area (Å²) in [4.78, 5) is 11.5. The van der Waals surface area contributed by atoms with Crippen LogP contribution in [0.5, 0.6) is 0 Å². The highest BCUT2D eigenvalue weighted by Gasteiger charge is 2.29. The molecule has 0 radical (unpaired) electrons. The molecule has 98 valence electrons. The van der Waals surface area contributed by atoms with Gasteiger partial charge in [-0.25, -0.2) is 0 Å². The van der Waals surface area contributed by atoms with Crippen molar-refractivity contribution in [3.05, 3.63) is 35.9 Å². The van der Waals surface area contributed by atoms with Gasteiger partial charge in [-0.3, -0.25) is 4.79 Å². The Morgan fingerprint density at radius 3 is 2.78 bits per heavy atom. The second-order valence-electron chi connectivity index (χ2n) is 4.69. The number of carbonyl (C=O) groups is 1. The van der Waals surface area contributed by atoms with Crippen molar-refractivity contribution in [2.75, 3.05) is 12.3 Å². The Morgan fingerprint density at radius 1 is 1.39 bits per heavy atom. The topological polar surface area (TPSA) is 49.3 Å². The summed E-state index contributed by atoms with van der Waals surface area (Å²) in [7, 11) is 0. The van der Waals surface area contributed by atoms with Crippen molar-refractivity contribution in [3.8, 4) is 0 Å². The molecule has 0 aromatic heterocycles. The van der Waals surface area contributed by atoms with Crippen LogP contribution < -0.4 is 5.32 Å². The first-order valence-corrected chi connectivity index (χ1v) is 7.47. The second kappa shape index (κ2) is 6.81. The lowest BCUT2D eigenvalue weighted by molar-refractivity contribution is -0.119. The fraction of sp³-hybridized carbons (Fsp3) is 0.500. The van der Waals surface area contributed by atoms with Gasteiger partial charge in [-0.1, -0.05) is 30.3 Å². The summed E-state index contributed by atoms with van der Waals surface area (Å²) in [5.41, 5.74) is 1.23. The molecule has 0 bridgehead atoms. The Labute approximate surface area is 112 Å². The van der Waals surface area contributed by atoms with E-state index in [0.717, 1.165) is 18.6 Å². The molecule has 1 aromatic rings. The van der Waals surface area contributed by atoms with Gasteiger partial charge in [0.15, 0.2) is 0 Å². The van der Waals surface area contributed by atoms with E-state index in [-0.39, 0.29) is 12.0 Å². The third-order valence-corrected chi connectivity index (χ3v) is 4.02. The molecule has 1 amide bonds. The molecule has 1 aliphatic rings. The van der Waals surface area contributed by atoms with Gasteiger partial charge in [0.1, 0.15) is 0 Å². The maximum atomic E-state index is 11.5. The molecule has 1 unspecified atom stereocenters. The van der Waals surface area contributed by atoms with Crippen LogP contribution >= 0.6 is 11.8 Å². The first kappa shape index (κ1) is 13.4. The molecule has 18 heavy (non-hydrogen) atoms. The summed E-state index contributed by atoms with van der Waals surface area (Å²) in [6, 6.07) is 10.1. The first-order valence-electron chi connectivity index (χ1n) is 6.32. The van der Waals surface area contributed by atoms with Crippen molar-refractivity contribution in [2.45, 2.75) is 24.7 Å². The number of hydrogen-bond acceptors (Lipinski definition) is 3. The first-order chi connectivity index (χ1) is 8.75. The summed E-state index contributed by atoms with van der Waals surface area (Å²) >= 11 is 1.60. The molecule has 0 saturated heterocycles. The fourth-order valence-corrected chi connectivity index (χ4v) is 2.57. The van der Waals surface area contributed by atoms with Crippen LogP contribution in [0.25, 0.3) is 0 Å². The van der Waals surface area contributed by atoms with E-state index in [0.29, 0.717) is 18.2 Å². The van der Waals surface area contributed by atoms with E-state index in [2.05, 4.69) is 17.4 Å². The summed E-state index contributed by atoms with van der Waals surface area (Å²) in [6.45, 7) is 0.398. The predicted octanol–water partition coefficient (Wildman–Crippen LogP) is 1.81. The van der Waals surface area contributed by atoms with Crippen molar-refractivity contribution < 1.29 is 9.90 Å². The molecule has 2 rings (SSSR count). The smallest absolute Gasteiger partial charge is 0.230 e. The number of benzene rings is 1. The fourth-order valence-electron chi connectivity index (χ4n) is 1.75. The lowest BCUT2D eigenvalue weighted by Gasteiger charge is -2.10. The van der Waals surface area contributed by atoms with Gasteiger partial charge in [0.05, 0.1) is 11.9 Å². The summed E-state index contributed by atoms with van der Waals surface area (Å²) in [5.74, 6) is 1.73. The quantitative estimate of drug-likeness (QED) is 0.790. The van der Waals surface area contributed by atoms with Gasteiger partial charge in [0.2, 0.25) is 5.91 Å². The van der Waals surface area contributed by atoms with E-state index in [1.165, 1.54) is 5.56 Å². The standard InChI is InChI=1S/C14H19NO2S/c16-13(12-6-7-12)8-15-14(17)10-18-9-11-4-2-1-3-5-11/h1-5,12-13,16H,6-10H2,(H,15,17). The molecule has 1 fully saturated rings. The average molecular weight is 265 g/mol. The molecule has 1 atom stereocenters. The molecule has 1 aliphatic carbocycles. The molecule has 0 heterocycles. The number of aliphatic hydroxyl groups excluding tert-OH is 1. The maximum absolute atomic E-state index is 11.5. The van der Waals surface area contributed by atoms with Crippen molar-refractivity contribution in [3.63, 3.8) is 0 Å². The van der Waals surface area contributed by atoms with E-state index in [4.69, 9.17) is 0 Å². The Balaban J connectivity index is 1.57. The van der Waals surface area contributed by atoms with Crippen molar-refractivity contribution in [1.82, 2.24) is 5.32 Å². The number of aliphatic hydroxyl groups is 1. The minimum Gasteiger partial charge on any atom is -0.391 e. The van der Waals surface area contributed by atoms with E-state index >= 15 is 0 Å². The van der Waals surface area contributed by atoms with E-state index in [1.54, 1.807) is 11.8 Å². The summed E-state index contributed by atoms with van der Waals surface area (Å²) in [5, 5.41) is 12.4. The van der Waals surface area contributed by atoms with E-state index in [1.807, 2.05) is 18.2 Å². The normalized spacial score (nSPS) is 16.3. The Kier molecular flexibility index (Phi) is 5.08. The van der Waals surface area contributed by atoms with Crippen LogP contribution in [0.15, 0.2) is 30.3 Å². The van der Waals surface area contributed by atoms with Gasteiger partial charge in [0, 0.05) is 12.3 Å². The minimum absolute atomic E-state index is 0.00984. The van der Waals surface area contributed by atoms with Crippen LogP contribution in [-0.4, -0.2) is 29.4 Å². The Morgan fingerprint density at radius 2 is 2.11 bits per heavy atom. The number of amides is 1. The molecule has 0 spiro atoms. The monoisotopic (exact) mass is 265 g/mol. The number of nitrogens with one attached hydrogen (secondary N) is 1. The molecule has 4 heteroatoms. The van der Waals surface area contributed by atoms with Gasteiger partial charge < -0.3 is 10.4 Å². The number of hydrogen-bond donors (Lipinski definition) is 2. The molecular formula is C14H19NO2S. The Hall–Kier alpha value is -1.00. The highest BCUT2D eigenvalue weighted by Crippen LogP contribution is 2.32. The molecule has 1 saturated carbocycles. The van der Waals surface area contributed by atoms with Crippen LogP contribution in [0.4, 0.5) is 0 Å². The van der Waals surface area contributed by atoms with Crippen molar-refractivity contribution >= 4 is 17.7 Å². The van der Waals surface area contributed by atoms with Crippen molar-refractivity contribution in [2.24, 2.45) is 5.92 Å². The number of rotatable bonds is 7. The zero-order chi connectivity index (χ0) is 12.8. The minimum atomic E-state index is -0.354. The van der Waals surface area contributed by atoms with Gasteiger partial charge in [0.25, 0.3) is 0 Å². The summed E-state index contributed by atoms with van der Waals surface area (Å²) in [6.07, 6.45) is 1.84. The van der Waals surface area contributed by atoms with Gasteiger partial charge in [-0.15, -0.1) is 11.8 Å². The lowest BCUT2D eigenvalue weighted by atomic mass is 10.2. The van der Waals surface area contributed by atoms with Gasteiger partial charge in [-0.05, 0) is 24.3 Å². The summed E-state index contributed by atoms with van der Waals surface area (Å²) < 4.78 is 0. The third kappa shape index (κ3) is 4.70. The molecule has 3 nitrogen and oxygen atoms in total. The van der Waals surface area contributed by atoms with Gasteiger partial charge >= 0.3 is 0 Å². The molecule has 1 aromatic carbocycles. The third-order valence-electron chi connectivity index (χ3n) is 3.02. The second-order valence-corrected chi connectivity index (χ2v) is 5.67. The van der Waals surface area contributed by atoms with Crippen LogP contribution in [0.1, 0.15) is 18.4 Å². The van der Waals surface area contributed by atoms with Crippen LogP contribution in [-0.2, 0) is 10.5 Å². The molecular weight excluding hydrogens is 246 g/mol. The maximum Gasteiger partial charge on any atom is 0.230 e. The molecule has 2 N–H and O–H groups in total.